The van der Waals surface area contributed by atoms with Crippen LogP contribution >= 0.6 is 0 Å². The average Bonchev–Trinajstić information content (AvgIpc) is 2.76. The van der Waals surface area contributed by atoms with E-state index >= 15 is 0 Å². The number of amides is 1. The summed E-state index contributed by atoms with van der Waals surface area (Å²) in [5.74, 6) is -0.511. The second-order valence-corrected chi connectivity index (χ2v) is 6.19. The van der Waals surface area contributed by atoms with Gasteiger partial charge in [0.25, 0.3) is 0 Å². The Kier molecular flexibility index (Phi) is 4.09. The third-order valence-corrected chi connectivity index (χ3v) is 3.46. The predicted octanol–water partition coefficient (Wildman–Crippen LogP) is 1.39. The molecule has 1 N–H and O–H groups in total. The molecule has 1 amide bonds. The topological polar surface area (TPSA) is 76.1 Å². The van der Waals surface area contributed by atoms with Crippen molar-refractivity contribution < 1.29 is 24.2 Å². The van der Waals surface area contributed by atoms with Gasteiger partial charge in [-0.25, -0.2) is 9.59 Å². The molecule has 3 atom stereocenters. The van der Waals surface area contributed by atoms with Crippen LogP contribution in [0.5, 0.6) is 0 Å². The molecule has 0 bridgehead atoms. The molecular formula is C15H21NO5. The molecule has 0 spiro atoms. The number of likely N-dealkylation sites (tertiary alicyclic amines) is 1. The molecule has 0 aromatic rings. The standard InChI is InChI=1S/C15H21NO5/c1-15(2,3)21-14(19)16-10(13(18)20-4)8-9-6-5-7-11(17)12(9)16/h5-7,10-12,17H,8H2,1-4H3/t10-,11-,12-/m0/s1. The van der Waals surface area contributed by atoms with Gasteiger partial charge in [-0.3, -0.25) is 4.90 Å². The highest BCUT2D eigenvalue weighted by Crippen LogP contribution is 2.35. The van der Waals surface area contributed by atoms with Crippen LogP contribution in [0, 0.1) is 0 Å². The highest BCUT2D eigenvalue weighted by molar-refractivity contribution is 5.84. The van der Waals surface area contributed by atoms with E-state index in [0.29, 0.717) is 6.42 Å². The van der Waals surface area contributed by atoms with Crippen LogP contribution in [-0.2, 0) is 14.3 Å². The Hall–Kier alpha value is -1.82. The molecule has 2 rings (SSSR count). The fraction of sp³-hybridized carbons (Fsp3) is 0.600. The van der Waals surface area contributed by atoms with Crippen LogP contribution in [0.3, 0.4) is 0 Å². The van der Waals surface area contributed by atoms with Crippen LogP contribution < -0.4 is 0 Å². The van der Waals surface area contributed by atoms with E-state index in [-0.39, 0.29) is 0 Å². The van der Waals surface area contributed by atoms with Crippen LogP contribution in [0.25, 0.3) is 0 Å². The maximum atomic E-state index is 12.4. The van der Waals surface area contributed by atoms with Gasteiger partial charge in [0.15, 0.2) is 0 Å². The fourth-order valence-corrected chi connectivity index (χ4v) is 2.65. The predicted molar refractivity (Wildman–Crippen MR) is 75.5 cm³/mol. The number of hydrogen-bond donors (Lipinski definition) is 1. The number of aliphatic hydroxyl groups is 1. The first-order valence-electron chi connectivity index (χ1n) is 6.89. The van der Waals surface area contributed by atoms with Crippen LogP contribution in [0.1, 0.15) is 27.2 Å². The zero-order valence-electron chi connectivity index (χ0n) is 12.7. The lowest BCUT2D eigenvalue weighted by molar-refractivity contribution is -0.146. The molecule has 0 radical (unpaired) electrons. The maximum Gasteiger partial charge on any atom is 0.411 e. The van der Waals surface area contributed by atoms with Gasteiger partial charge in [-0.2, -0.15) is 0 Å². The van der Waals surface area contributed by atoms with Crippen LogP contribution in [0.4, 0.5) is 4.79 Å². The van der Waals surface area contributed by atoms with E-state index in [1.807, 2.05) is 6.08 Å². The van der Waals surface area contributed by atoms with E-state index in [1.165, 1.54) is 12.0 Å². The number of rotatable bonds is 1. The second kappa shape index (κ2) is 5.52. The van der Waals surface area contributed by atoms with Crippen molar-refractivity contribution in [3.8, 4) is 0 Å². The van der Waals surface area contributed by atoms with Crippen LogP contribution in [-0.4, -0.2) is 53.0 Å². The molecule has 0 saturated carbocycles. The van der Waals surface area contributed by atoms with Crippen molar-refractivity contribution in [1.82, 2.24) is 4.90 Å². The molecule has 116 valence electrons. The monoisotopic (exact) mass is 295 g/mol. The lowest BCUT2D eigenvalue weighted by atomic mass is 9.97. The van der Waals surface area contributed by atoms with E-state index in [2.05, 4.69) is 0 Å². The summed E-state index contributed by atoms with van der Waals surface area (Å²) < 4.78 is 10.1. The summed E-state index contributed by atoms with van der Waals surface area (Å²) in [6.07, 6.45) is 4.00. The molecule has 21 heavy (non-hydrogen) atoms. The largest absolute Gasteiger partial charge is 0.467 e. The number of hydrogen-bond acceptors (Lipinski definition) is 5. The molecule has 0 aromatic heterocycles. The summed E-state index contributed by atoms with van der Waals surface area (Å²) in [6.45, 7) is 5.26. The van der Waals surface area contributed by atoms with Gasteiger partial charge < -0.3 is 14.6 Å². The van der Waals surface area contributed by atoms with E-state index in [1.54, 1.807) is 32.9 Å². The van der Waals surface area contributed by atoms with Gasteiger partial charge in [-0.15, -0.1) is 0 Å². The SMILES string of the molecule is COC(=O)[C@@H]1CC2=CC=C[C@H](O)[C@H]2N1C(=O)OC(C)(C)C. The number of ether oxygens (including phenoxy) is 2. The Morgan fingerprint density at radius 3 is 2.62 bits per heavy atom. The molecule has 1 aliphatic carbocycles. The van der Waals surface area contributed by atoms with Crippen molar-refractivity contribution in [1.29, 1.82) is 0 Å². The number of carbonyl (C=O) groups excluding carboxylic acids is 2. The molecule has 1 fully saturated rings. The molecule has 0 unspecified atom stereocenters. The quantitative estimate of drug-likeness (QED) is 0.740. The molecule has 2 aliphatic rings. The summed E-state index contributed by atoms with van der Waals surface area (Å²) in [7, 11) is 1.28. The first-order valence-corrected chi connectivity index (χ1v) is 6.89. The molecule has 6 nitrogen and oxygen atoms in total. The zero-order chi connectivity index (χ0) is 15.8. The van der Waals surface area contributed by atoms with Crippen molar-refractivity contribution in [2.75, 3.05) is 7.11 Å². The zero-order valence-corrected chi connectivity index (χ0v) is 12.7. The first-order chi connectivity index (χ1) is 9.74. The number of methoxy groups -OCH3 is 1. The number of carbonyl (C=O) groups is 2. The lowest BCUT2D eigenvalue weighted by Crippen LogP contribution is -2.51. The van der Waals surface area contributed by atoms with Gasteiger partial charge in [-0.05, 0) is 26.3 Å². The van der Waals surface area contributed by atoms with Gasteiger partial charge >= 0.3 is 12.1 Å². The molecule has 1 heterocycles. The number of fused-ring (bicyclic) bond motifs is 1. The maximum absolute atomic E-state index is 12.4. The minimum absolute atomic E-state index is 0.345. The average molecular weight is 295 g/mol. The summed E-state index contributed by atoms with van der Waals surface area (Å²) >= 11 is 0. The molecule has 1 saturated heterocycles. The van der Waals surface area contributed by atoms with Crippen molar-refractivity contribution >= 4 is 12.1 Å². The molecular weight excluding hydrogens is 274 g/mol. The van der Waals surface area contributed by atoms with Crippen LogP contribution in [0.2, 0.25) is 0 Å². The van der Waals surface area contributed by atoms with E-state index in [4.69, 9.17) is 9.47 Å². The number of nitrogens with zero attached hydrogens (tertiary/aromatic N) is 1. The highest BCUT2D eigenvalue weighted by Gasteiger charge is 2.48. The van der Waals surface area contributed by atoms with Gasteiger partial charge in [0.1, 0.15) is 11.6 Å². The fourth-order valence-electron chi connectivity index (χ4n) is 2.65. The van der Waals surface area contributed by atoms with Crippen molar-refractivity contribution in [3.05, 3.63) is 23.8 Å². The van der Waals surface area contributed by atoms with Gasteiger partial charge in [0.2, 0.25) is 0 Å². The summed E-state index contributed by atoms with van der Waals surface area (Å²) in [4.78, 5) is 25.7. The second-order valence-electron chi connectivity index (χ2n) is 6.19. The highest BCUT2D eigenvalue weighted by atomic mass is 16.6. The lowest BCUT2D eigenvalue weighted by Gasteiger charge is -2.33. The Morgan fingerprint density at radius 1 is 1.38 bits per heavy atom. The third-order valence-electron chi connectivity index (χ3n) is 3.46. The summed E-state index contributed by atoms with van der Waals surface area (Å²) in [5.41, 5.74) is 0.144. The van der Waals surface area contributed by atoms with E-state index in [0.717, 1.165) is 5.57 Å². The smallest absolute Gasteiger partial charge is 0.411 e. The number of esters is 1. The Balaban J connectivity index is 2.32. The number of aliphatic hydroxyl groups excluding tert-OH is 1. The Morgan fingerprint density at radius 2 is 2.05 bits per heavy atom. The third kappa shape index (κ3) is 3.10. The Bertz CT molecular complexity index is 503. The van der Waals surface area contributed by atoms with E-state index < -0.39 is 35.9 Å². The van der Waals surface area contributed by atoms with Crippen molar-refractivity contribution in [2.45, 2.75) is 51.0 Å². The van der Waals surface area contributed by atoms with Crippen molar-refractivity contribution in [3.63, 3.8) is 0 Å². The molecule has 0 aromatic carbocycles. The van der Waals surface area contributed by atoms with Gasteiger partial charge in [0.05, 0.1) is 19.3 Å². The summed E-state index contributed by atoms with van der Waals surface area (Å²) in [6, 6.07) is -1.34. The minimum atomic E-state index is -0.854. The summed E-state index contributed by atoms with van der Waals surface area (Å²) in [5, 5.41) is 10.1. The normalized spacial score (nSPS) is 28.0. The molecule has 6 heteroatoms. The van der Waals surface area contributed by atoms with Gasteiger partial charge in [-0.1, -0.05) is 18.2 Å². The molecule has 1 aliphatic heterocycles. The van der Waals surface area contributed by atoms with Crippen LogP contribution in [0.15, 0.2) is 23.8 Å². The van der Waals surface area contributed by atoms with E-state index in [9.17, 15) is 14.7 Å². The van der Waals surface area contributed by atoms with Gasteiger partial charge in [0, 0.05) is 6.42 Å². The Labute approximate surface area is 124 Å². The van der Waals surface area contributed by atoms with Crippen molar-refractivity contribution in [2.24, 2.45) is 0 Å². The minimum Gasteiger partial charge on any atom is -0.467 e. The first kappa shape index (κ1) is 15.6. The number of allylic oxidation sites excluding steroid dienone is 2.